The lowest BCUT2D eigenvalue weighted by Gasteiger charge is -2.12. The Kier molecular flexibility index (Phi) is 4.04. The van der Waals surface area contributed by atoms with E-state index in [4.69, 9.17) is 9.15 Å². The van der Waals surface area contributed by atoms with Gasteiger partial charge in [0.15, 0.2) is 5.58 Å². The lowest BCUT2D eigenvalue weighted by Crippen LogP contribution is -2.38. The van der Waals surface area contributed by atoms with Crippen LogP contribution in [0.1, 0.15) is 25.6 Å². The molecular formula is C17H20N4O4. The Morgan fingerprint density at radius 1 is 1.44 bits per heavy atom. The minimum absolute atomic E-state index is 0.0693. The van der Waals surface area contributed by atoms with Crippen molar-refractivity contribution < 1.29 is 13.9 Å². The second-order valence-electron chi connectivity index (χ2n) is 6.21. The van der Waals surface area contributed by atoms with Crippen LogP contribution < -0.4 is 10.9 Å². The van der Waals surface area contributed by atoms with Crippen molar-refractivity contribution in [1.82, 2.24) is 19.5 Å². The van der Waals surface area contributed by atoms with Crippen molar-refractivity contribution in [2.24, 2.45) is 0 Å². The molecule has 0 aliphatic carbocycles. The van der Waals surface area contributed by atoms with E-state index in [1.165, 1.54) is 4.68 Å². The largest absolute Gasteiger partial charge is 0.463 e. The maximum Gasteiger partial charge on any atom is 0.291 e. The fraction of sp³-hybridized carbons (Fsp3) is 0.471. The van der Waals surface area contributed by atoms with E-state index in [1.54, 1.807) is 22.8 Å². The van der Waals surface area contributed by atoms with Gasteiger partial charge in [0.2, 0.25) is 5.91 Å². The summed E-state index contributed by atoms with van der Waals surface area (Å²) in [5.74, 6) is 0.463. The summed E-state index contributed by atoms with van der Waals surface area (Å²) in [4.78, 5) is 24.9. The molecule has 0 radical (unpaired) electrons. The van der Waals surface area contributed by atoms with Crippen LogP contribution in [0.4, 0.5) is 0 Å². The molecule has 0 aromatic carbocycles. The quantitative estimate of drug-likeness (QED) is 0.748. The summed E-state index contributed by atoms with van der Waals surface area (Å²) in [7, 11) is 0. The molecule has 8 heteroatoms. The summed E-state index contributed by atoms with van der Waals surface area (Å²) in [5.41, 5.74) is 1.60. The van der Waals surface area contributed by atoms with Crippen molar-refractivity contribution in [2.75, 3.05) is 13.2 Å². The minimum atomic E-state index is -0.309. The zero-order valence-corrected chi connectivity index (χ0v) is 14.0. The van der Waals surface area contributed by atoms with Crippen molar-refractivity contribution in [3.05, 3.63) is 34.6 Å². The van der Waals surface area contributed by atoms with Crippen LogP contribution in [-0.2, 0) is 22.5 Å². The monoisotopic (exact) mass is 344 g/mol. The van der Waals surface area contributed by atoms with Gasteiger partial charge >= 0.3 is 0 Å². The van der Waals surface area contributed by atoms with Crippen LogP contribution in [0.5, 0.6) is 0 Å². The molecule has 1 aliphatic rings. The van der Waals surface area contributed by atoms with Gasteiger partial charge in [0, 0.05) is 31.7 Å². The predicted molar refractivity (Wildman–Crippen MR) is 90.6 cm³/mol. The van der Waals surface area contributed by atoms with Crippen LogP contribution in [0.3, 0.4) is 0 Å². The van der Waals surface area contributed by atoms with E-state index in [2.05, 4.69) is 10.4 Å². The zero-order chi connectivity index (χ0) is 17.4. The number of aryl methyl sites for hydroxylation is 1. The van der Waals surface area contributed by atoms with E-state index in [9.17, 15) is 9.59 Å². The van der Waals surface area contributed by atoms with Gasteiger partial charge in [0.25, 0.3) is 5.56 Å². The van der Waals surface area contributed by atoms with Crippen molar-refractivity contribution in [3.63, 3.8) is 0 Å². The molecule has 0 bridgehead atoms. The zero-order valence-electron chi connectivity index (χ0n) is 14.0. The Labute approximate surface area is 143 Å². The second kappa shape index (κ2) is 6.36. The molecule has 0 spiro atoms. The van der Waals surface area contributed by atoms with Gasteiger partial charge in [-0.2, -0.15) is 5.10 Å². The molecule has 1 aliphatic heterocycles. The number of ether oxygens (including phenoxy) is 1. The number of carbonyl (C=O) groups excluding carboxylic acids is 1. The molecule has 4 rings (SSSR count). The molecule has 1 fully saturated rings. The maximum atomic E-state index is 12.7. The second-order valence-corrected chi connectivity index (χ2v) is 6.21. The molecule has 1 saturated heterocycles. The summed E-state index contributed by atoms with van der Waals surface area (Å²) in [6.45, 7) is 3.06. The topological polar surface area (TPSA) is 90.8 Å². The summed E-state index contributed by atoms with van der Waals surface area (Å²) in [6.07, 6.45) is 4.25. The average Bonchev–Trinajstić information content (AvgIpc) is 3.32. The molecular weight excluding hydrogens is 324 g/mol. The van der Waals surface area contributed by atoms with E-state index in [0.717, 1.165) is 25.0 Å². The van der Waals surface area contributed by atoms with Gasteiger partial charge in [0.1, 0.15) is 17.9 Å². The third-order valence-electron chi connectivity index (χ3n) is 4.53. The fourth-order valence-electron chi connectivity index (χ4n) is 3.28. The summed E-state index contributed by atoms with van der Waals surface area (Å²) in [6, 6.07) is 3.50. The molecule has 132 valence electrons. The number of rotatable bonds is 5. The van der Waals surface area contributed by atoms with Crippen molar-refractivity contribution in [2.45, 2.75) is 38.8 Å². The number of nitrogens with zero attached hydrogens (tertiary/aromatic N) is 3. The van der Waals surface area contributed by atoms with Crippen LogP contribution in [0.25, 0.3) is 16.6 Å². The SMILES string of the molecule is CCc1nn(CC(=O)NCC2CCCO2)c(=O)c2cc3occc3n12. The van der Waals surface area contributed by atoms with Crippen molar-refractivity contribution in [1.29, 1.82) is 0 Å². The lowest BCUT2D eigenvalue weighted by atomic mass is 10.2. The Morgan fingerprint density at radius 2 is 2.32 bits per heavy atom. The number of fused-ring (bicyclic) bond motifs is 3. The number of nitrogens with one attached hydrogen (secondary N) is 1. The van der Waals surface area contributed by atoms with Gasteiger partial charge in [-0.15, -0.1) is 0 Å². The van der Waals surface area contributed by atoms with Crippen LogP contribution in [0.15, 0.2) is 27.6 Å². The number of amides is 1. The van der Waals surface area contributed by atoms with Crippen LogP contribution in [-0.4, -0.2) is 39.3 Å². The molecule has 25 heavy (non-hydrogen) atoms. The molecule has 3 aromatic heterocycles. The van der Waals surface area contributed by atoms with Crippen LogP contribution in [0.2, 0.25) is 0 Å². The van der Waals surface area contributed by atoms with Gasteiger partial charge in [-0.05, 0) is 12.8 Å². The van der Waals surface area contributed by atoms with E-state index in [1.807, 2.05) is 6.92 Å². The van der Waals surface area contributed by atoms with E-state index < -0.39 is 0 Å². The Morgan fingerprint density at radius 3 is 3.08 bits per heavy atom. The number of furan rings is 1. The van der Waals surface area contributed by atoms with Gasteiger partial charge in [0.05, 0.1) is 17.9 Å². The molecule has 1 unspecified atom stereocenters. The highest BCUT2D eigenvalue weighted by molar-refractivity contribution is 5.82. The highest BCUT2D eigenvalue weighted by Gasteiger charge is 2.18. The third kappa shape index (κ3) is 2.82. The summed E-state index contributed by atoms with van der Waals surface area (Å²) < 4.78 is 13.9. The van der Waals surface area contributed by atoms with Crippen molar-refractivity contribution in [3.8, 4) is 0 Å². The Hall–Kier alpha value is -2.61. The van der Waals surface area contributed by atoms with Gasteiger partial charge in [-0.3, -0.25) is 14.0 Å². The minimum Gasteiger partial charge on any atom is -0.463 e. The Bertz CT molecular complexity index is 978. The lowest BCUT2D eigenvalue weighted by molar-refractivity contribution is -0.122. The highest BCUT2D eigenvalue weighted by Crippen LogP contribution is 2.20. The first-order valence-electron chi connectivity index (χ1n) is 8.54. The first-order valence-corrected chi connectivity index (χ1v) is 8.54. The number of hydrogen-bond donors (Lipinski definition) is 1. The normalized spacial score (nSPS) is 17.6. The van der Waals surface area contributed by atoms with Crippen LogP contribution >= 0.6 is 0 Å². The number of carbonyl (C=O) groups is 1. The molecule has 4 heterocycles. The summed E-state index contributed by atoms with van der Waals surface area (Å²) in [5, 5.41) is 7.19. The fourth-order valence-corrected chi connectivity index (χ4v) is 3.28. The molecule has 1 atom stereocenters. The first-order chi connectivity index (χ1) is 12.2. The van der Waals surface area contributed by atoms with Crippen LogP contribution in [0, 0.1) is 0 Å². The molecule has 8 nitrogen and oxygen atoms in total. The standard InChI is InChI=1S/C17H20N4O4/c1-2-15-19-20(10-16(22)18-9-11-4-3-6-24-11)17(23)13-8-14-12(21(13)15)5-7-25-14/h5,7-8,11H,2-4,6,9-10H2,1H3,(H,18,22). The number of hydrogen-bond acceptors (Lipinski definition) is 5. The van der Waals surface area contributed by atoms with E-state index >= 15 is 0 Å². The molecule has 3 aromatic rings. The molecule has 0 saturated carbocycles. The number of aromatic nitrogens is 3. The summed E-state index contributed by atoms with van der Waals surface area (Å²) >= 11 is 0. The average molecular weight is 344 g/mol. The van der Waals surface area contributed by atoms with Gasteiger partial charge < -0.3 is 14.5 Å². The molecule has 1 amide bonds. The van der Waals surface area contributed by atoms with Gasteiger partial charge in [-0.1, -0.05) is 6.92 Å². The Balaban J connectivity index is 1.61. The molecule has 1 N–H and O–H groups in total. The van der Waals surface area contributed by atoms with Crippen molar-refractivity contribution >= 4 is 22.5 Å². The first kappa shape index (κ1) is 15.9. The predicted octanol–water partition coefficient (Wildman–Crippen LogP) is 1.10. The smallest absolute Gasteiger partial charge is 0.291 e. The third-order valence-corrected chi connectivity index (χ3v) is 4.53. The maximum absolute atomic E-state index is 12.7. The van der Waals surface area contributed by atoms with E-state index in [-0.39, 0.29) is 24.1 Å². The van der Waals surface area contributed by atoms with Gasteiger partial charge in [-0.25, -0.2) is 4.68 Å². The highest BCUT2D eigenvalue weighted by atomic mass is 16.5. The van der Waals surface area contributed by atoms with E-state index in [0.29, 0.717) is 29.9 Å².